The third kappa shape index (κ3) is 5.51. The summed E-state index contributed by atoms with van der Waals surface area (Å²) in [4.78, 5) is 21.3. The second-order valence-corrected chi connectivity index (χ2v) is 7.70. The molecule has 4 rings (SSSR count). The molecule has 6 nitrogen and oxygen atoms in total. The maximum Gasteiger partial charge on any atom is 0.246 e. The van der Waals surface area contributed by atoms with Crippen LogP contribution in [-0.2, 0) is 17.8 Å². The number of halogens is 1. The van der Waals surface area contributed by atoms with Gasteiger partial charge in [-0.25, -0.2) is 0 Å². The number of likely N-dealkylation sites (tertiary alicyclic amines) is 1. The molecule has 2 N–H and O–H groups in total. The topological polar surface area (TPSA) is 60.0 Å². The number of guanidine groups is 1. The summed E-state index contributed by atoms with van der Waals surface area (Å²) in [6, 6.07) is 19.0. The minimum Gasteiger partial charge on any atom is -0.352 e. The smallest absolute Gasteiger partial charge is 0.246 e. The predicted molar refractivity (Wildman–Crippen MR) is 133 cm³/mol. The first-order valence-corrected chi connectivity index (χ1v) is 10.3. The van der Waals surface area contributed by atoms with Crippen molar-refractivity contribution in [2.75, 3.05) is 38.1 Å². The molecule has 0 bridgehead atoms. The average molecular weight is 519 g/mol. The highest BCUT2D eigenvalue weighted by molar-refractivity contribution is 14.0. The second-order valence-electron chi connectivity index (χ2n) is 7.70. The van der Waals surface area contributed by atoms with Gasteiger partial charge in [-0.05, 0) is 30.0 Å². The third-order valence-electron chi connectivity index (χ3n) is 5.68. The van der Waals surface area contributed by atoms with E-state index in [0.29, 0.717) is 12.0 Å². The minimum atomic E-state index is 0. The summed E-state index contributed by atoms with van der Waals surface area (Å²) in [7, 11) is 1.75. The highest BCUT2D eigenvalue weighted by Crippen LogP contribution is 2.27. The molecule has 1 fully saturated rings. The van der Waals surface area contributed by atoms with Crippen LogP contribution < -0.4 is 15.5 Å². The molecule has 30 heavy (non-hydrogen) atoms. The Labute approximate surface area is 195 Å². The molecule has 2 aromatic rings. The molecule has 0 aliphatic carbocycles. The largest absolute Gasteiger partial charge is 0.352 e. The maximum atomic E-state index is 12.7. The standard InChI is InChI=1S/C23H29N5O.HI/c1-24-23(25-15-22(29)28-14-11-19-9-5-6-10-21(19)28)26-20-12-13-27(17-20)16-18-7-3-2-4-8-18;/h2-10,20H,11-17H2,1H3,(H2,24,25,26);1H. The van der Waals surface area contributed by atoms with E-state index >= 15 is 0 Å². The van der Waals surface area contributed by atoms with Crippen molar-refractivity contribution < 1.29 is 4.79 Å². The molecular weight excluding hydrogens is 489 g/mol. The van der Waals surface area contributed by atoms with E-state index in [1.807, 2.05) is 23.1 Å². The molecule has 1 amide bonds. The Hall–Kier alpha value is -2.13. The molecule has 0 saturated carbocycles. The zero-order valence-electron chi connectivity index (χ0n) is 17.4. The Kier molecular flexibility index (Phi) is 8.09. The van der Waals surface area contributed by atoms with Gasteiger partial charge in [-0.15, -0.1) is 24.0 Å². The fraction of sp³-hybridized carbons (Fsp3) is 0.391. The zero-order valence-corrected chi connectivity index (χ0v) is 19.7. The van der Waals surface area contributed by atoms with Crippen LogP contribution in [0, 0.1) is 0 Å². The summed E-state index contributed by atoms with van der Waals surface area (Å²) in [5, 5.41) is 6.67. The van der Waals surface area contributed by atoms with Crippen LogP contribution in [0.2, 0.25) is 0 Å². The second kappa shape index (κ2) is 10.8. The quantitative estimate of drug-likeness (QED) is 0.363. The van der Waals surface area contributed by atoms with Gasteiger partial charge in [-0.1, -0.05) is 48.5 Å². The van der Waals surface area contributed by atoms with Crippen molar-refractivity contribution in [2.45, 2.75) is 25.4 Å². The Bertz CT molecular complexity index is 873. The highest BCUT2D eigenvalue weighted by atomic mass is 127. The number of anilines is 1. The lowest BCUT2D eigenvalue weighted by Gasteiger charge is -2.21. The van der Waals surface area contributed by atoms with Gasteiger partial charge in [0.25, 0.3) is 0 Å². The monoisotopic (exact) mass is 519 g/mol. The molecule has 2 heterocycles. The fourth-order valence-corrected chi connectivity index (χ4v) is 4.18. The molecule has 2 aromatic carbocycles. The van der Waals surface area contributed by atoms with E-state index in [1.165, 1.54) is 11.1 Å². The maximum absolute atomic E-state index is 12.7. The van der Waals surface area contributed by atoms with Crippen molar-refractivity contribution in [3.63, 3.8) is 0 Å². The van der Waals surface area contributed by atoms with Gasteiger partial charge in [0.15, 0.2) is 5.96 Å². The van der Waals surface area contributed by atoms with Gasteiger partial charge >= 0.3 is 0 Å². The van der Waals surface area contributed by atoms with Crippen LogP contribution in [0.5, 0.6) is 0 Å². The van der Waals surface area contributed by atoms with Crippen molar-refractivity contribution in [3.05, 3.63) is 65.7 Å². The molecule has 1 atom stereocenters. The van der Waals surface area contributed by atoms with E-state index in [-0.39, 0.29) is 36.4 Å². The summed E-state index contributed by atoms with van der Waals surface area (Å²) in [5.74, 6) is 0.771. The van der Waals surface area contributed by atoms with Crippen molar-refractivity contribution in [1.29, 1.82) is 0 Å². The van der Waals surface area contributed by atoms with E-state index in [4.69, 9.17) is 0 Å². The summed E-state index contributed by atoms with van der Waals surface area (Å²) >= 11 is 0. The third-order valence-corrected chi connectivity index (χ3v) is 5.68. The van der Waals surface area contributed by atoms with Crippen LogP contribution >= 0.6 is 24.0 Å². The van der Waals surface area contributed by atoms with E-state index < -0.39 is 0 Å². The molecule has 7 heteroatoms. The lowest BCUT2D eigenvalue weighted by Crippen LogP contribution is -2.48. The van der Waals surface area contributed by atoms with Crippen molar-refractivity contribution in [3.8, 4) is 0 Å². The molecule has 1 unspecified atom stereocenters. The molecular formula is C23H30IN5O. The number of nitrogens with one attached hydrogen (secondary N) is 2. The van der Waals surface area contributed by atoms with Crippen LogP contribution in [-0.4, -0.2) is 56.0 Å². The number of carbonyl (C=O) groups is 1. The number of hydrogen-bond donors (Lipinski definition) is 2. The Morgan fingerprint density at radius 3 is 2.67 bits per heavy atom. The van der Waals surface area contributed by atoms with Gasteiger partial charge in [0.2, 0.25) is 5.91 Å². The number of aliphatic imine (C=N–C) groups is 1. The van der Waals surface area contributed by atoms with Crippen LogP contribution in [0.25, 0.3) is 0 Å². The SMILES string of the molecule is CN=C(NCC(=O)N1CCc2ccccc21)NC1CCN(Cc2ccccc2)C1.I. The normalized spacial score (nSPS) is 18.6. The highest BCUT2D eigenvalue weighted by Gasteiger charge is 2.25. The number of amides is 1. The lowest BCUT2D eigenvalue weighted by atomic mass is 10.2. The zero-order chi connectivity index (χ0) is 20.1. The first kappa shape index (κ1) is 22.6. The summed E-state index contributed by atoms with van der Waals surface area (Å²) < 4.78 is 0. The van der Waals surface area contributed by atoms with Crippen molar-refractivity contribution >= 4 is 41.5 Å². The van der Waals surface area contributed by atoms with E-state index in [0.717, 1.165) is 44.7 Å². The van der Waals surface area contributed by atoms with Crippen LogP contribution in [0.15, 0.2) is 59.6 Å². The van der Waals surface area contributed by atoms with Crippen LogP contribution in [0.4, 0.5) is 5.69 Å². The molecule has 0 aromatic heterocycles. The Morgan fingerprint density at radius 2 is 1.87 bits per heavy atom. The van der Waals surface area contributed by atoms with Gasteiger partial charge < -0.3 is 15.5 Å². The van der Waals surface area contributed by atoms with Gasteiger partial charge in [0.05, 0.1) is 6.54 Å². The van der Waals surface area contributed by atoms with Crippen LogP contribution in [0.3, 0.4) is 0 Å². The van der Waals surface area contributed by atoms with E-state index in [1.54, 1.807) is 7.05 Å². The number of fused-ring (bicyclic) bond motifs is 1. The average Bonchev–Trinajstić information content (AvgIpc) is 3.38. The molecule has 160 valence electrons. The van der Waals surface area contributed by atoms with Gasteiger partial charge in [-0.2, -0.15) is 0 Å². The summed E-state index contributed by atoms with van der Waals surface area (Å²) in [6.07, 6.45) is 2.00. The van der Waals surface area contributed by atoms with Crippen molar-refractivity contribution in [2.24, 2.45) is 4.99 Å². The van der Waals surface area contributed by atoms with Crippen LogP contribution in [0.1, 0.15) is 17.5 Å². The van der Waals surface area contributed by atoms with E-state index in [2.05, 4.69) is 56.9 Å². The van der Waals surface area contributed by atoms with Gasteiger partial charge in [-0.3, -0.25) is 14.7 Å². The number of nitrogens with zero attached hydrogens (tertiary/aromatic N) is 3. The summed E-state index contributed by atoms with van der Waals surface area (Å²) in [6.45, 7) is 4.01. The number of para-hydroxylation sites is 1. The van der Waals surface area contributed by atoms with Gasteiger partial charge in [0, 0.05) is 45.0 Å². The Morgan fingerprint density at radius 1 is 1.10 bits per heavy atom. The number of rotatable bonds is 5. The van der Waals surface area contributed by atoms with Gasteiger partial charge in [0.1, 0.15) is 0 Å². The first-order chi connectivity index (χ1) is 14.2. The fourth-order valence-electron chi connectivity index (χ4n) is 4.18. The predicted octanol–water partition coefficient (Wildman–Crippen LogP) is 2.63. The van der Waals surface area contributed by atoms with Crippen molar-refractivity contribution in [1.82, 2.24) is 15.5 Å². The minimum absolute atomic E-state index is 0. The summed E-state index contributed by atoms with van der Waals surface area (Å²) in [5.41, 5.74) is 3.62. The number of hydrogen-bond acceptors (Lipinski definition) is 3. The molecule has 2 aliphatic heterocycles. The molecule has 0 spiro atoms. The Balaban J connectivity index is 0.00000256. The number of benzene rings is 2. The molecule has 0 radical (unpaired) electrons. The van der Waals surface area contributed by atoms with E-state index in [9.17, 15) is 4.79 Å². The number of carbonyl (C=O) groups excluding carboxylic acids is 1. The lowest BCUT2D eigenvalue weighted by molar-refractivity contribution is -0.117. The molecule has 2 aliphatic rings. The first-order valence-electron chi connectivity index (χ1n) is 10.3. The molecule has 1 saturated heterocycles.